The summed E-state index contributed by atoms with van der Waals surface area (Å²) in [6, 6.07) is 2.73. The van der Waals surface area contributed by atoms with Crippen molar-refractivity contribution in [2.24, 2.45) is 5.92 Å². The van der Waals surface area contributed by atoms with Gasteiger partial charge >= 0.3 is 6.18 Å². The third-order valence-electron chi connectivity index (χ3n) is 3.76. The van der Waals surface area contributed by atoms with E-state index in [0.717, 1.165) is 19.4 Å². The lowest BCUT2D eigenvalue weighted by Crippen LogP contribution is -2.40. The first-order valence-electron chi connectivity index (χ1n) is 7.48. The quantitative estimate of drug-likeness (QED) is 0.869. The number of halogens is 4. The van der Waals surface area contributed by atoms with Crippen LogP contribution in [0.4, 0.5) is 13.2 Å². The van der Waals surface area contributed by atoms with Crippen molar-refractivity contribution in [1.29, 1.82) is 0 Å². The lowest BCUT2D eigenvalue weighted by molar-refractivity contribution is -0.154. The van der Waals surface area contributed by atoms with E-state index in [0.29, 0.717) is 24.6 Å². The van der Waals surface area contributed by atoms with Crippen LogP contribution in [-0.2, 0) is 0 Å². The molecule has 1 aromatic heterocycles. The Morgan fingerprint density at radius 3 is 2.54 bits per heavy atom. The predicted molar refractivity (Wildman–Crippen MR) is 85.6 cm³/mol. The van der Waals surface area contributed by atoms with Gasteiger partial charge in [0.25, 0.3) is 5.91 Å². The summed E-state index contributed by atoms with van der Waals surface area (Å²) in [4.78, 5) is 17.9. The van der Waals surface area contributed by atoms with Gasteiger partial charge in [-0.2, -0.15) is 13.2 Å². The molecule has 0 saturated carbocycles. The van der Waals surface area contributed by atoms with Gasteiger partial charge in [-0.1, -0.05) is 0 Å². The number of aromatic nitrogens is 1. The molecule has 1 aliphatic rings. The lowest BCUT2D eigenvalue weighted by Gasteiger charge is -2.31. The number of piperidine rings is 1. The van der Waals surface area contributed by atoms with Gasteiger partial charge in [0.15, 0.2) is 6.61 Å². The number of rotatable bonds is 5. The summed E-state index contributed by atoms with van der Waals surface area (Å²) in [5, 5.41) is 3.13. The molecule has 1 saturated heterocycles. The number of likely N-dealkylation sites (tertiary alicyclic amines) is 1. The molecule has 136 valence electrons. The second-order valence-corrected chi connectivity index (χ2v) is 5.58. The van der Waals surface area contributed by atoms with Crippen molar-refractivity contribution >= 4 is 18.3 Å². The highest BCUT2D eigenvalue weighted by molar-refractivity contribution is 5.94. The lowest BCUT2D eigenvalue weighted by atomic mass is 9.96. The van der Waals surface area contributed by atoms with Crippen molar-refractivity contribution in [3.63, 3.8) is 0 Å². The van der Waals surface area contributed by atoms with Gasteiger partial charge in [0.1, 0.15) is 0 Å². The van der Waals surface area contributed by atoms with E-state index < -0.39 is 12.8 Å². The Morgan fingerprint density at radius 1 is 1.38 bits per heavy atom. The molecule has 5 nitrogen and oxygen atoms in total. The summed E-state index contributed by atoms with van der Waals surface area (Å²) < 4.78 is 40.7. The van der Waals surface area contributed by atoms with E-state index in [4.69, 9.17) is 0 Å². The Kier molecular flexibility index (Phi) is 7.75. The smallest absolute Gasteiger partial charge is 0.422 e. The molecule has 9 heteroatoms. The summed E-state index contributed by atoms with van der Waals surface area (Å²) in [7, 11) is 1.91. The fraction of sp³-hybridized carbons (Fsp3) is 0.600. The van der Waals surface area contributed by atoms with Crippen molar-refractivity contribution in [1.82, 2.24) is 15.2 Å². The first-order chi connectivity index (χ1) is 10.9. The minimum absolute atomic E-state index is 0. The van der Waals surface area contributed by atoms with E-state index in [1.165, 1.54) is 18.3 Å². The normalized spacial score (nSPS) is 15.8. The standard InChI is InChI=1S/C15H20F3N3O2.ClH/c1-19-8-11-4-6-21(7-5-11)14(22)12-2-3-13(20-9-12)23-10-15(16,17)18;/h2-3,9,11,19H,4-8,10H2,1H3;1H. The van der Waals surface area contributed by atoms with Gasteiger partial charge < -0.3 is 15.0 Å². The Hall–Kier alpha value is -1.54. The van der Waals surface area contributed by atoms with Crippen LogP contribution in [0.1, 0.15) is 23.2 Å². The second-order valence-electron chi connectivity index (χ2n) is 5.58. The highest BCUT2D eigenvalue weighted by Crippen LogP contribution is 2.20. The molecule has 0 bridgehead atoms. The zero-order valence-electron chi connectivity index (χ0n) is 13.3. The summed E-state index contributed by atoms with van der Waals surface area (Å²) in [5.41, 5.74) is 0.358. The van der Waals surface area contributed by atoms with Gasteiger partial charge in [-0.15, -0.1) is 12.4 Å². The van der Waals surface area contributed by atoms with Crippen LogP contribution in [0.15, 0.2) is 18.3 Å². The number of hydrogen-bond donors (Lipinski definition) is 1. The van der Waals surface area contributed by atoms with Crippen LogP contribution in [0.3, 0.4) is 0 Å². The molecule has 1 aliphatic heterocycles. The first-order valence-corrected chi connectivity index (χ1v) is 7.48. The van der Waals surface area contributed by atoms with Gasteiger partial charge in [0, 0.05) is 25.4 Å². The average Bonchev–Trinajstić information content (AvgIpc) is 2.53. The molecule has 1 N–H and O–H groups in total. The van der Waals surface area contributed by atoms with E-state index in [2.05, 4.69) is 15.0 Å². The van der Waals surface area contributed by atoms with Gasteiger partial charge in [0.05, 0.1) is 5.56 Å². The van der Waals surface area contributed by atoms with Crippen molar-refractivity contribution in [3.05, 3.63) is 23.9 Å². The van der Waals surface area contributed by atoms with Gasteiger partial charge in [0.2, 0.25) is 5.88 Å². The predicted octanol–water partition coefficient (Wildman–Crippen LogP) is 2.52. The van der Waals surface area contributed by atoms with Crippen LogP contribution in [0.25, 0.3) is 0 Å². The first kappa shape index (κ1) is 20.5. The maximum Gasteiger partial charge on any atom is 0.422 e. The number of amides is 1. The molecule has 2 heterocycles. The van der Waals surface area contributed by atoms with Crippen LogP contribution in [0, 0.1) is 5.92 Å². The van der Waals surface area contributed by atoms with Gasteiger partial charge in [-0.25, -0.2) is 4.98 Å². The number of nitrogens with one attached hydrogen (secondary N) is 1. The summed E-state index contributed by atoms with van der Waals surface area (Å²) in [6.45, 7) is 0.899. The molecule has 1 amide bonds. The fourth-order valence-corrected chi connectivity index (χ4v) is 2.56. The van der Waals surface area contributed by atoms with Crippen molar-refractivity contribution in [2.45, 2.75) is 19.0 Å². The highest BCUT2D eigenvalue weighted by Gasteiger charge is 2.29. The maximum atomic E-state index is 12.3. The van der Waals surface area contributed by atoms with Crippen LogP contribution >= 0.6 is 12.4 Å². The largest absolute Gasteiger partial charge is 0.468 e. The van der Waals surface area contributed by atoms with E-state index >= 15 is 0 Å². The molecule has 0 atom stereocenters. The molecule has 0 aliphatic carbocycles. The Bertz CT molecular complexity index is 518. The molecule has 0 radical (unpaired) electrons. The van der Waals surface area contributed by atoms with Gasteiger partial charge in [-0.05, 0) is 38.4 Å². The third kappa shape index (κ3) is 6.16. The summed E-state index contributed by atoms with van der Waals surface area (Å²) in [5.74, 6) is 0.273. The fourth-order valence-electron chi connectivity index (χ4n) is 2.56. The summed E-state index contributed by atoms with van der Waals surface area (Å²) >= 11 is 0. The Labute approximate surface area is 145 Å². The topological polar surface area (TPSA) is 54.5 Å². The molecular formula is C15H21ClF3N3O2. The van der Waals surface area contributed by atoms with Gasteiger partial charge in [-0.3, -0.25) is 4.79 Å². The average molecular weight is 368 g/mol. The van der Waals surface area contributed by atoms with Crippen molar-refractivity contribution < 1.29 is 22.7 Å². The number of ether oxygens (including phenoxy) is 1. The van der Waals surface area contributed by atoms with Crippen LogP contribution in [0.5, 0.6) is 5.88 Å². The maximum absolute atomic E-state index is 12.3. The Balaban J connectivity index is 0.00000288. The second kappa shape index (κ2) is 9.08. The molecule has 1 fully saturated rings. The molecule has 2 rings (SSSR count). The van der Waals surface area contributed by atoms with Crippen molar-refractivity contribution in [2.75, 3.05) is 33.3 Å². The van der Waals surface area contributed by atoms with Crippen LogP contribution in [0.2, 0.25) is 0 Å². The molecular weight excluding hydrogens is 347 g/mol. The number of carbonyl (C=O) groups is 1. The molecule has 1 aromatic rings. The number of nitrogens with zero attached hydrogens (tertiary/aromatic N) is 2. The monoisotopic (exact) mass is 367 g/mol. The molecule has 24 heavy (non-hydrogen) atoms. The van der Waals surface area contributed by atoms with Crippen molar-refractivity contribution in [3.8, 4) is 5.88 Å². The minimum atomic E-state index is -4.41. The number of alkyl halides is 3. The molecule has 0 unspecified atom stereocenters. The Morgan fingerprint density at radius 2 is 2.04 bits per heavy atom. The number of carbonyl (C=O) groups excluding carboxylic acids is 1. The van der Waals surface area contributed by atoms with E-state index in [-0.39, 0.29) is 24.2 Å². The number of pyridine rings is 1. The van der Waals surface area contributed by atoms with Crippen LogP contribution in [-0.4, -0.2) is 55.3 Å². The van der Waals surface area contributed by atoms with Crippen LogP contribution < -0.4 is 10.1 Å². The van der Waals surface area contributed by atoms with E-state index in [1.807, 2.05) is 7.05 Å². The minimum Gasteiger partial charge on any atom is -0.468 e. The third-order valence-corrected chi connectivity index (χ3v) is 3.76. The summed E-state index contributed by atoms with van der Waals surface area (Å²) in [6.07, 6.45) is -1.28. The zero-order chi connectivity index (χ0) is 16.9. The van der Waals surface area contributed by atoms with E-state index in [1.54, 1.807) is 4.90 Å². The van der Waals surface area contributed by atoms with E-state index in [9.17, 15) is 18.0 Å². The molecule has 0 aromatic carbocycles. The zero-order valence-corrected chi connectivity index (χ0v) is 14.1. The number of hydrogen-bond acceptors (Lipinski definition) is 4. The molecule has 0 spiro atoms. The SMILES string of the molecule is CNCC1CCN(C(=O)c2ccc(OCC(F)(F)F)nc2)CC1.Cl. The highest BCUT2D eigenvalue weighted by atomic mass is 35.5.